The molecule has 3 rings (SSSR count). The van der Waals surface area contributed by atoms with Crippen molar-refractivity contribution in [1.29, 1.82) is 0 Å². The molecule has 0 spiro atoms. The first-order valence-corrected chi connectivity index (χ1v) is 8.12. The van der Waals surface area contributed by atoms with Crippen LogP contribution in [-0.4, -0.2) is 23.6 Å². The maximum atomic E-state index is 12.3. The van der Waals surface area contributed by atoms with Crippen LogP contribution in [0.15, 0.2) is 24.3 Å². The van der Waals surface area contributed by atoms with E-state index in [1.807, 2.05) is 0 Å². The Balaban J connectivity index is 1.80. The van der Waals surface area contributed by atoms with Gasteiger partial charge < -0.3 is 15.6 Å². The summed E-state index contributed by atoms with van der Waals surface area (Å²) in [6.45, 7) is 0. The Hall–Kier alpha value is -1.27. The molecule has 2 aliphatic carbocycles. The molecule has 0 unspecified atom stereocenters. The van der Waals surface area contributed by atoms with Gasteiger partial charge in [-0.25, -0.2) is 0 Å². The van der Waals surface area contributed by atoms with Crippen LogP contribution in [0.3, 0.4) is 0 Å². The molecule has 23 heavy (non-hydrogen) atoms. The van der Waals surface area contributed by atoms with Gasteiger partial charge in [0.15, 0.2) is 0 Å². The number of halogens is 3. The molecule has 1 aromatic rings. The molecule has 0 radical (unpaired) electrons. The predicted octanol–water partition coefficient (Wildman–Crippen LogP) is 3.50. The van der Waals surface area contributed by atoms with Crippen molar-refractivity contribution >= 4 is 0 Å². The fraction of sp³-hybridized carbons (Fsp3) is 0.647. The third-order valence-electron chi connectivity index (χ3n) is 5.51. The Kier molecular flexibility index (Phi) is 4.31. The summed E-state index contributed by atoms with van der Waals surface area (Å²) in [5.74, 6) is -0.163. The highest BCUT2D eigenvalue weighted by molar-refractivity contribution is 5.35. The number of hydrogen-bond donors (Lipinski definition) is 2. The van der Waals surface area contributed by atoms with Crippen LogP contribution in [-0.2, 0) is 5.41 Å². The number of nitrogens with two attached hydrogens (primary N) is 1. The topological polar surface area (TPSA) is 55.5 Å². The maximum Gasteiger partial charge on any atom is 0.573 e. The van der Waals surface area contributed by atoms with E-state index in [2.05, 4.69) is 4.74 Å². The fourth-order valence-electron chi connectivity index (χ4n) is 4.12. The summed E-state index contributed by atoms with van der Waals surface area (Å²) >= 11 is 0. The summed E-state index contributed by atoms with van der Waals surface area (Å²) in [6, 6.07) is 5.94. The van der Waals surface area contributed by atoms with E-state index in [4.69, 9.17) is 5.73 Å². The number of aliphatic hydroxyl groups is 1. The van der Waals surface area contributed by atoms with Gasteiger partial charge in [-0.05, 0) is 43.4 Å². The molecule has 0 amide bonds. The quantitative estimate of drug-likeness (QED) is 0.889. The molecule has 2 saturated carbocycles. The number of alkyl halides is 3. The second-order valence-corrected chi connectivity index (χ2v) is 6.79. The number of hydrogen-bond acceptors (Lipinski definition) is 3. The predicted molar refractivity (Wildman–Crippen MR) is 80.0 cm³/mol. The van der Waals surface area contributed by atoms with Crippen LogP contribution in [0.2, 0.25) is 0 Å². The van der Waals surface area contributed by atoms with Crippen LogP contribution in [0.25, 0.3) is 0 Å². The first-order valence-electron chi connectivity index (χ1n) is 8.12. The lowest BCUT2D eigenvalue weighted by molar-refractivity contribution is -0.274. The lowest BCUT2D eigenvalue weighted by Crippen LogP contribution is -2.51. The highest BCUT2D eigenvalue weighted by Gasteiger charge is 2.49. The van der Waals surface area contributed by atoms with E-state index >= 15 is 0 Å². The SMILES string of the molecule is N[C@H]1CCC[C@H]1[C@@H](O)C1(c2ccc(OC(F)(F)F)cc2)CCC1. The molecule has 0 aliphatic heterocycles. The Morgan fingerprint density at radius 3 is 2.22 bits per heavy atom. The van der Waals surface area contributed by atoms with Gasteiger partial charge in [0, 0.05) is 17.4 Å². The summed E-state index contributed by atoms with van der Waals surface area (Å²) in [4.78, 5) is 0. The summed E-state index contributed by atoms with van der Waals surface area (Å²) in [5.41, 5.74) is 6.63. The number of ether oxygens (including phenoxy) is 1. The van der Waals surface area contributed by atoms with Crippen LogP contribution in [0.1, 0.15) is 44.1 Å². The second kappa shape index (κ2) is 5.98. The van der Waals surface area contributed by atoms with Crippen LogP contribution < -0.4 is 10.5 Å². The van der Waals surface area contributed by atoms with Crippen molar-refractivity contribution in [3.05, 3.63) is 29.8 Å². The molecule has 0 heterocycles. The molecule has 0 saturated heterocycles. The van der Waals surface area contributed by atoms with E-state index < -0.39 is 12.5 Å². The van der Waals surface area contributed by atoms with E-state index in [0.717, 1.165) is 44.1 Å². The Bertz CT molecular complexity index is 540. The third kappa shape index (κ3) is 3.19. The van der Waals surface area contributed by atoms with Crippen molar-refractivity contribution in [2.24, 2.45) is 11.7 Å². The molecule has 128 valence electrons. The molecule has 1 aromatic carbocycles. The van der Waals surface area contributed by atoms with E-state index in [9.17, 15) is 18.3 Å². The Labute approximate surface area is 133 Å². The molecule has 3 nitrogen and oxygen atoms in total. The van der Waals surface area contributed by atoms with Crippen molar-refractivity contribution in [2.45, 2.75) is 62.4 Å². The van der Waals surface area contributed by atoms with Crippen molar-refractivity contribution in [2.75, 3.05) is 0 Å². The van der Waals surface area contributed by atoms with Gasteiger partial charge in [0.05, 0.1) is 6.10 Å². The molecular formula is C17H22F3NO2. The summed E-state index contributed by atoms with van der Waals surface area (Å²) < 4.78 is 40.7. The number of rotatable bonds is 4. The van der Waals surface area contributed by atoms with Gasteiger partial charge in [-0.1, -0.05) is 25.0 Å². The van der Waals surface area contributed by atoms with Gasteiger partial charge in [-0.15, -0.1) is 13.2 Å². The molecular weight excluding hydrogens is 307 g/mol. The van der Waals surface area contributed by atoms with Crippen LogP contribution in [0, 0.1) is 5.92 Å². The van der Waals surface area contributed by atoms with Crippen LogP contribution >= 0.6 is 0 Å². The summed E-state index contributed by atoms with van der Waals surface area (Å²) in [7, 11) is 0. The molecule has 2 fully saturated rings. The molecule has 6 heteroatoms. The third-order valence-corrected chi connectivity index (χ3v) is 5.51. The molecule has 0 bridgehead atoms. The molecule has 3 N–H and O–H groups in total. The molecule has 3 atom stereocenters. The van der Waals surface area contributed by atoms with Gasteiger partial charge >= 0.3 is 6.36 Å². The highest BCUT2D eigenvalue weighted by atomic mass is 19.4. The van der Waals surface area contributed by atoms with Crippen LogP contribution in [0.4, 0.5) is 13.2 Å². The minimum atomic E-state index is -4.69. The van der Waals surface area contributed by atoms with Gasteiger partial charge in [0.25, 0.3) is 0 Å². The normalized spacial score (nSPS) is 28.2. The van der Waals surface area contributed by atoms with Crippen molar-refractivity contribution < 1.29 is 23.0 Å². The molecule has 0 aromatic heterocycles. The first-order chi connectivity index (χ1) is 10.8. The zero-order valence-corrected chi connectivity index (χ0v) is 12.9. The summed E-state index contributed by atoms with van der Waals surface area (Å²) in [6.07, 6.45) is 0.342. The lowest BCUT2D eigenvalue weighted by Gasteiger charge is -2.49. The maximum absolute atomic E-state index is 12.3. The zero-order chi connectivity index (χ0) is 16.7. The largest absolute Gasteiger partial charge is 0.573 e. The fourth-order valence-corrected chi connectivity index (χ4v) is 4.12. The summed E-state index contributed by atoms with van der Waals surface area (Å²) in [5, 5.41) is 10.9. The van der Waals surface area contributed by atoms with Crippen molar-refractivity contribution in [1.82, 2.24) is 0 Å². The van der Waals surface area contributed by atoms with E-state index in [1.54, 1.807) is 12.1 Å². The van der Waals surface area contributed by atoms with Crippen molar-refractivity contribution in [3.63, 3.8) is 0 Å². The highest BCUT2D eigenvalue weighted by Crippen LogP contribution is 2.50. The smallest absolute Gasteiger partial charge is 0.406 e. The van der Waals surface area contributed by atoms with Gasteiger partial charge in [-0.3, -0.25) is 0 Å². The van der Waals surface area contributed by atoms with E-state index in [-0.39, 0.29) is 23.1 Å². The number of aliphatic hydroxyl groups excluding tert-OH is 1. The van der Waals surface area contributed by atoms with Crippen LogP contribution in [0.5, 0.6) is 5.75 Å². The zero-order valence-electron chi connectivity index (χ0n) is 12.9. The van der Waals surface area contributed by atoms with Gasteiger partial charge in [0.2, 0.25) is 0 Å². The van der Waals surface area contributed by atoms with E-state index in [0.29, 0.717) is 0 Å². The molecule has 2 aliphatic rings. The van der Waals surface area contributed by atoms with Gasteiger partial charge in [-0.2, -0.15) is 0 Å². The standard InChI is InChI=1S/C17H22F3NO2/c18-17(19,20)23-12-7-5-11(6-8-12)16(9-2-10-16)15(22)13-3-1-4-14(13)21/h5-8,13-15,22H,1-4,9-10,21H2/t13-,14+,15-/m1/s1. The minimum Gasteiger partial charge on any atom is -0.406 e. The monoisotopic (exact) mass is 329 g/mol. The average Bonchev–Trinajstić information content (AvgIpc) is 2.84. The second-order valence-electron chi connectivity index (χ2n) is 6.79. The minimum absolute atomic E-state index is 0.00955. The average molecular weight is 329 g/mol. The lowest BCUT2D eigenvalue weighted by atomic mass is 9.58. The van der Waals surface area contributed by atoms with Crippen molar-refractivity contribution in [3.8, 4) is 5.75 Å². The van der Waals surface area contributed by atoms with Gasteiger partial charge in [0.1, 0.15) is 5.75 Å². The van der Waals surface area contributed by atoms with E-state index in [1.165, 1.54) is 12.1 Å². The Morgan fingerprint density at radius 1 is 1.13 bits per heavy atom. The first kappa shape index (κ1) is 16.6. The Morgan fingerprint density at radius 2 is 1.78 bits per heavy atom. The number of benzene rings is 1.